The molecule has 0 saturated carbocycles. The van der Waals surface area contributed by atoms with Crippen LogP contribution in [0.5, 0.6) is 5.75 Å². The SMILES string of the molecule is CCOc1cccc(N2C(=O)c3ccc(N)cc3C2=O)c1. The number of nitrogens with two attached hydrogens (primary N) is 1. The number of carbonyl (C=O) groups is 2. The summed E-state index contributed by atoms with van der Waals surface area (Å²) in [4.78, 5) is 26.0. The molecule has 0 aliphatic carbocycles. The van der Waals surface area contributed by atoms with Crippen molar-refractivity contribution in [2.24, 2.45) is 0 Å². The summed E-state index contributed by atoms with van der Waals surface area (Å²) in [6, 6.07) is 11.6. The van der Waals surface area contributed by atoms with Crippen molar-refractivity contribution >= 4 is 23.2 Å². The van der Waals surface area contributed by atoms with E-state index < -0.39 is 0 Å². The predicted molar refractivity (Wildman–Crippen MR) is 79.6 cm³/mol. The maximum Gasteiger partial charge on any atom is 0.266 e. The summed E-state index contributed by atoms with van der Waals surface area (Å²) in [7, 11) is 0. The van der Waals surface area contributed by atoms with Crippen molar-refractivity contribution in [2.45, 2.75) is 6.92 Å². The Bertz CT molecular complexity index is 740. The number of benzene rings is 2. The van der Waals surface area contributed by atoms with Gasteiger partial charge < -0.3 is 10.5 Å². The van der Waals surface area contributed by atoms with Gasteiger partial charge >= 0.3 is 0 Å². The number of nitrogen functional groups attached to an aromatic ring is 1. The first-order valence-corrected chi connectivity index (χ1v) is 6.63. The van der Waals surface area contributed by atoms with Gasteiger partial charge in [-0.2, -0.15) is 0 Å². The standard InChI is InChI=1S/C16H14N2O3/c1-2-21-12-5-3-4-11(9-12)18-15(19)13-7-6-10(17)8-14(13)16(18)20/h3-9H,2,17H2,1H3. The van der Waals surface area contributed by atoms with Crippen molar-refractivity contribution in [3.63, 3.8) is 0 Å². The van der Waals surface area contributed by atoms with E-state index in [1.165, 1.54) is 6.07 Å². The quantitative estimate of drug-likeness (QED) is 0.693. The molecule has 0 saturated heterocycles. The molecule has 1 aliphatic heterocycles. The van der Waals surface area contributed by atoms with Crippen LogP contribution in [0.25, 0.3) is 0 Å². The van der Waals surface area contributed by atoms with Crippen LogP contribution in [0.15, 0.2) is 42.5 Å². The lowest BCUT2D eigenvalue weighted by Gasteiger charge is -2.15. The minimum absolute atomic E-state index is 0.335. The summed E-state index contributed by atoms with van der Waals surface area (Å²) >= 11 is 0. The lowest BCUT2D eigenvalue weighted by Crippen LogP contribution is -2.29. The van der Waals surface area contributed by atoms with Gasteiger partial charge in [0.15, 0.2) is 0 Å². The van der Waals surface area contributed by atoms with E-state index in [0.29, 0.717) is 34.9 Å². The molecule has 5 nitrogen and oxygen atoms in total. The minimum atomic E-state index is -0.365. The van der Waals surface area contributed by atoms with Crippen molar-refractivity contribution in [1.82, 2.24) is 0 Å². The average Bonchev–Trinajstić information content (AvgIpc) is 2.71. The largest absolute Gasteiger partial charge is 0.494 e. The number of carbonyl (C=O) groups excluding carboxylic acids is 2. The normalized spacial score (nSPS) is 13.5. The molecule has 0 unspecified atom stereocenters. The third kappa shape index (κ3) is 2.12. The van der Waals surface area contributed by atoms with Crippen molar-refractivity contribution in [3.05, 3.63) is 53.6 Å². The molecule has 2 aromatic carbocycles. The van der Waals surface area contributed by atoms with Crippen molar-refractivity contribution in [1.29, 1.82) is 0 Å². The fourth-order valence-corrected chi connectivity index (χ4v) is 2.37. The van der Waals surface area contributed by atoms with Crippen LogP contribution >= 0.6 is 0 Å². The van der Waals surface area contributed by atoms with Crippen LogP contribution in [0.4, 0.5) is 11.4 Å². The number of anilines is 2. The van der Waals surface area contributed by atoms with Gasteiger partial charge in [0.05, 0.1) is 23.4 Å². The van der Waals surface area contributed by atoms with Crippen LogP contribution < -0.4 is 15.4 Å². The molecule has 106 valence electrons. The first kappa shape index (κ1) is 13.2. The number of hydrogen-bond acceptors (Lipinski definition) is 4. The highest BCUT2D eigenvalue weighted by molar-refractivity contribution is 6.34. The van der Waals surface area contributed by atoms with Gasteiger partial charge in [-0.15, -0.1) is 0 Å². The highest BCUT2D eigenvalue weighted by atomic mass is 16.5. The van der Waals surface area contributed by atoms with Gasteiger partial charge in [-0.3, -0.25) is 9.59 Å². The Labute approximate surface area is 121 Å². The van der Waals surface area contributed by atoms with Gasteiger partial charge in [0.1, 0.15) is 5.75 Å². The van der Waals surface area contributed by atoms with Crippen LogP contribution in [0, 0.1) is 0 Å². The van der Waals surface area contributed by atoms with E-state index in [1.54, 1.807) is 36.4 Å². The Morgan fingerprint density at radius 1 is 1.05 bits per heavy atom. The smallest absolute Gasteiger partial charge is 0.266 e. The van der Waals surface area contributed by atoms with Crippen molar-refractivity contribution < 1.29 is 14.3 Å². The fraction of sp³-hybridized carbons (Fsp3) is 0.125. The maximum atomic E-state index is 12.4. The van der Waals surface area contributed by atoms with E-state index in [4.69, 9.17) is 10.5 Å². The minimum Gasteiger partial charge on any atom is -0.494 e. The highest BCUT2D eigenvalue weighted by Crippen LogP contribution is 2.31. The topological polar surface area (TPSA) is 72.6 Å². The number of amides is 2. The molecule has 3 rings (SSSR count). The van der Waals surface area contributed by atoms with Crippen molar-refractivity contribution in [3.8, 4) is 5.75 Å². The van der Waals surface area contributed by atoms with E-state index in [9.17, 15) is 9.59 Å². The fourth-order valence-electron chi connectivity index (χ4n) is 2.37. The van der Waals surface area contributed by atoms with Crippen LogP contribution in [0.2, 0.25) is 0 Å². The zero-order chi connectivity index (χ0) is 15.0. The molecule has 0 fully saturated rings. The third-order valence-electron chi connectivity index (χ3n) is 3.30. The van der Waals surface area contributed by atoms with Gasteiger partial charge in [0, 0.05) is 11.8 Å². The van der Waals surface area contributed by atoms with Gasteiger partial charge in [0.2, 0.25) is 0 Å². The molecule has 0 atom stereocenters. The lowest BCUT2D eigenvalue weighted by molar-refractivity contribution is 0.0926. The Balaban J connectivity index is 2.03. The van der Waals surface area contributed by atoms with E-state index in [0.717, 1.165) is 4.90 Å². The second-order valence-corrected chi connectivity index (χ2v) is 4.68. The summed E-state index contributed by atoms with van der Waals surface area (Å²) < 4.78 is 5.40. The molecule has 5 heteroatoms. The molecule has 2 aromatic rings. The monoisotopic (exact) mass is 282 g/mol. The molecule has 0 bridgehead atoms. The summed E-state index contributed by atoms with van der Waals surface area (Å²) in [6.07, 6.45) is 0. The Morgan fingerprint density at radius 3 is 2.57 bits per heavy atom. The number of hydrogen-bond donors (Lipinski definition) is 1. The molecular weight excluding hydrogens is 268 g/mol. The molecule has 1 aliphatic rings. The number of fused-ring (bicyclic) bond motifs is 1. The number of nitrogens with zero attached hydrogens (tertiary/aromatic N) is 1. The van der Waals surface area contributed by atoms with Crippen molar-refractivity contribution in [2.75, 3.05) is 17.2 Å². The van der Waals surface area contributed by atoms with Gasteiger partial charge in [0.25, 0.3) is 11.8 Å². The van der Waals surface area contributed by atoms with Gasteiger partial charge in [-0.25, -0.2) is 4.90 Å². The second-order valence-electron chi connectivity index (χ2n) is 4.68. The zero-order valence-electron chi connectivity index (χ0n) is 11.5. The van der Waals surface area contributed by atoms with E-state index in [2.05, 4.69) is 0 Å². The number of rotatable bonds is 3. The summed E-state index contributed by atoms with van der Waals surface area (Å²) in [5.74, 6) is -0.0920. The second kappa shape index (κ2) is 4.94. The van der Waals surface area contributed by atoms with Crippen LogP contribution in [0.3, 0.4) is 0 Å². The Morgan fingerprint density at radius 2 is 1.81 bits per heavy atom. The highest BCUT2D eigenvalue weighted by Gasteiger charge is 2.36. The first-order chi connectivity index (χ1) is 10.1. The summed E-state index contributed by atoms with van der Waals surface area (Å²) in [5.41, 5.74) is 7.34. The van der Waals surface area contributed by atoms with E-state index in [-0.39, 0.29) is 11.8 Å². The van der Waals surface area contributed by atoms with E-state index >= 15 is 0 Å². The molecule has 2 N–H and O–H groups in total. The molecule has 0 aromatic heterocycles. The zero-order valence-corrected chi connectivity index (χ0v) is 11.5. The summed E-state index contributed by atoms with van der Waals surface area (Å²) in [6.45, 7) is 2.39. The molecular formula is C16H14N2O3. The Hall–Kier alpha value is -2.82. The van der Waals surface area contributed by atoms with Gasteiger partial charge in [-0.05, 0) is 37.3 Å². The number of imide groups is 1. The summed E-state index contributed by atoms with van der Waals surface area (Å²) in [5, 5.41) is 0. The number of ether oxygens (including phenoxy) is 1. The average molecular weight is 282 g/mol. The molecule has 2 amide bonds. The first-order valence-electron chi connectivity index (χ1n) is 6.63. The van der Waals surface area contributed by atoms with Crippen LogP contribution in [-0.4, -0.2) is 18.4 Å². The van der Waals surface area contributed by atoms with Crippen LogP contribution in [0.1, 0.15) is 27.6 Å². The maximum absolute atomic E-state index is 12.4. The van der Waals surface area contributed by atoms with E-state index in [1.807, 2.05) is 6.92 Å². The lowest BCUT2D eigenvalue weighted by atomic mass is 10.1. The molecule has 21 heavy (non-hydrogen) atoms. The molecule has 0 spiro atoms. The van der Waals surface area contributed by atoms with Gasteiger partial charge in [-0.1, -0.05) is 6.07 Å². The van der Waals surface area contributed by atoms with Crippen LogP contribution in [-0.2, 0) is 0 Å². The third-order valence-corrected chi connectivity index (χ3v) is 3.30. The molecule has 0 radical (unpaired) electrons. The molecule has 1 heterocycles. The predicted octanol–water partition coefficient (Wildman–Crippen LogP) is 2.47. The Kier molecular flexibility index (Phi) is 3.10.